The lowest BCUT2D eigenvalue weighted by Gasteiger charge is -2.17. The van der Waals surface area contributed by atoms with E-state index in [0.29, 0.717) is 15.7 Å². The highest BCUT2D eigenvalue weighted by atomic mass is 79.9. The Morgan fingerprint density at radius 1 is 0.947 bits per heavy atom. The van der Waals surface area contributed by atoms with Crippen LogP contribution in [0.1, 0.15) is 18.5 Å². The van der Waals surface area contributed by atoms with Crippen LogP contribution < -0.4 is 5.32 Å². The summed E-state index contributed by atoms with van der Waals surface area (Å²) in [6, 6.07) is 9.09. The van der Waals surface area contributed by atoms with E-state index in [4.69, 9.17) is 0 Å². The Bertz CT molecular complexity index is 602. The lowest BCUT2D eigenvalue weighted by atomic mass is 10.1. The molecular formula is C14H11Br2F2N. The van der Waals surface area contributed by atoms with Crippen molar-refractivity contribution in [3.05, 3.63) is 62.5 Å². The van der Waals surface area contributed by atoms with E-state index in [2.05, 4.69) is 37.2 Å². The topological polar surface area (TPSA) is 12.0 Å². The molecule has 0 fully saturated rings. The number of halogens is 4. The van der Waals surface area contributed by atoms with E-state index in [1.807, 2.05) is 0 Å². The maximum atomic E-state index is 13.8. The molecule has 0 aromatic heterocycles. The second kappa shape index (κ2) is 6.01. The zero-order chi connectivity index (χ0) is 14.0. The average Bonchev–Trinajstić information content (AvgIpc) is 2.33. The zero-order valence-corrected chi connectivity index (χ0v) is 13.2. The van der Waals surface area contributed by atoms with Crippen LogP contribution in [0.5, 0.6) is 0 Å². The fourth-order valence-corrected chi connectivity index (χ4v) is 2.47. The molecular weight excluding hydrogens is 380 g/mol. The third-order valence-electron chi connectivity index (χ3n) is 2.73. The smallest absolute Gasteiger partial charge is 0.146 e. The molecule has 1 unspecified atom stereocenters. The van der Waals surface area contributed by atoms with Crippen molar-refractivity contribution in [2.75, 3.05) is 5.32 Å². The number of anilines is 1. The molecule has 0 heterocycles. The SMILES string of the molecule is CC(Nc1cc(Br)ccc1F)c1ccc(Br)cc1F. The first-order valence-electron chi connectivity index (χ1n) is 5.64. The number of hydrogen-bond acceptors (Lipinski definition) is 1. The monoisotopic (exact) mass is 389 g/mol. The van der Waals surface area contributed by atoms with Gasteiger partial charge in [0.1, 0.15) is 11.6 Å². The van der Waals surface area contributed by atoms with Crippen molar-refractivity contribution in [1.29, 1.82) is 0 Å². The third-order valence-corrected chi connectivity index (χ3v) is 3.72. The summed E-state index contributed by atoms with van der Waals surface area (Å²) in [6.45, 7) is 1.78. The van der Waals surface area contributed by atoms with E-state index < -0.39 is 0 Å². The van der Waals surface area contributed by atoms with Crippen molar-refractivity contribution in [3.63, 3.8) is 0 Å². The zero-order valence-electron chi connectivity index (χ0n) is 10.1. The van der Waals surface area contributed by atoms with Crippen LogP contribution in [0, 0.1) is 11.6 Å². The standard InChI is InChI=1S/C14H11Br2F2N/c1-8(11-4-2-9(15)6-13(11)18)19-14-7-10(16)3-5-12(14)17/h2-8,19H,1H3. The van der Waals surface area contributed by atoms with Gasteiger partial charge < -0.3 is 5.32 Å². The van der Waals surface area contributed by atoms with Crippen LogP contribution in [0.4, 0.5) is 14.5 Å². The lowest BCUT2D eigenvalue weighted by Crippen LogP contribution is -2.09. The van der Waals surface area contributed by atoms with E-state index in [1.54, 1.807) is 31.2 Å². The molecule has 2 aromatic carbocycles. The number of rotatable bonds is 3. The Kier molecular flexibility index (Phi) is 4.58. The summed E-state index contributed by atoms with van der Waals surface area (Å²) in [6.07, 6.45) is 0. The maximum Gasteiger partial charge on any atom is 0.146 e. The fraction of sp³-hybridized carbons (Fsp3) is 0.143. The first-order valence-corrected chi connectivity index (χ1v) is 7.22. The molecule has 100 valence electrons. The van der Waals surface area contributed by atoms with Crippen LogP contribution in [0.3, 0.4) is 0 Å². The van der Waals surface area contributed by atoms with Crippen molar-refractivity contribution in [3.8, 4) is 0 Å². The summed E-state index contributed by atoms with van der Waals surface area (Å²) >= 11 is 6.49. The van der Waals surface area contributed by atoms with Crippen LogP contribution >= 0.6 is 31.9 Å². The van der Waals surface area contributed by atoms with Crippen molar-refractivity contribution in [2.24, 2.45) is 0 Å². The minimum atomic E-state index is -0.368. The van der Waals surface area contributed by atoms with Gasteiger partial charge in [0.15, 0.2) is 0 Å². The van der Waals surface area contributed by atoms with Gasteiger partial charge in [0, 0.05) is 14.5 Å². The number of nitrogens with one attached hydrogen (secondary N) is 1. The Morgan fingerprint density at radius 3 is 2.26 bits per heavy atom. The van der Waals surface area contributed by atoms with Crippen LogP contribution in [0.2, 0.25) is 0 Å². The Balaban J connectivity index is 2.25. The summed E-state index contributed by atoms with van der Waals surface area (Å²) in [5.41, 5.74) is 0.826. The predicted octanol–water partition coefficient (Wildman–Crippen LogP) is 5.66. The van der Waals surface area contributed by atoms with Gasteiger partial charge in [-0.1, -0.05) is 37.9 Å². The minimum absolute atomic E-state index is 0.329. The van der Waals surface area contributed by atoms with Gasteiger partial charge in [0.2, 0.25) is 0 Å². The first kappa shape index (κ1) is 14.5. The van der Waals surface area contributed by atoms with Crippen molar-refractivity contribution < 1.29 is 8.78 Å². The Hall–Kier alpha value is -0.940. The van der Waals surface area contributed by atoms with E-state index >= 15 is 0 Å². The molecule has 0 radical (unpaired) electrons. The van der Waals surface area contributed by atoms with Crippen LogP contribution in [-0.2, 0) is 0 Å². The molecule has 0 amide bonds. The van der Waals surface area contributed by atoms with E-state index in [-0.39, 0.29) is 17.7 Å². The highest BCUT2D eigenvalue weighted by molar-refractivity contribution is 9.10. The molecule has 0 aliphatic carbocycles. The molecule has 0 aliphatic rings. The quantitative estimate of drug-likeness (QED) is 0.712. The Morgan fingerprint density at radius 2 is 1.58 bits per heavy atom. The molecule has 0 saturated carbocycles. The van der Waals surface area contributed by atoms with Crippen molar-refractivity contribution >= 4 is 37.5 Å². The minimum Gasteiger partial charge on any atom is -0.376 e. The molecule has 0 saturated heterocycles. The lowest BCUT2D eigenvalue weighted by molar-refractivity contribution is 0.595. The molecule has 2 rings (SSSR count). The van der Waals surface area contributed by atoms with Gasteiger partial charge in [0.25, 0.3) is 0 Å². The van der Waals surface area contributed by atoms with Crippen molar-refractivity contribution in [1.82, 2.24) is 0 Å². The van der Waals surface area contributed by atoms with Gasteiger partial charge in [0.05, 0.1) is 11.7 Å². The van der Waals surface area contributed by atoms with Crippen LogP contribution in [-0.4, -0.2) is 0 Å². The summed E-state index contributed by atoms with van der Waals surface area (Å²) in [5.74, 6) is -0.697. The molecule has 0 spiro atoms. The first-order chi connectivity index (χ1) is 8.97. The highest BCUT2D eigenvalue weighted by Crippen LogP contribution is 2.27. The molecule has 5 heteroatoms. The molecule has 0 bridgehead atoms. The number of hydrogen-bond donors (Lipinski definition) is 1. The van der Waals surface area contributed by atoms with E-state index in [0.717, 1.165) is 4.47 Å². The molecule has 1 nitrogen and oxygen atoms in total. The van der Waals surface area contributed by atoms with E-state index in [9.17, 15) is 8.78 Å². The van der Waals surface area contributed by atoms with Gasteiger partial charge in [-0.3, -0.25) is 0 Å². The van der Waals surface area contributed by atoms with Crippen molar-refractivity contribution in [2.45, 2.75) is 13.0 Å². The second-order valence-corrected chi connectivity index (χ2v) is 5.99. The highest BCUT2D eigenvalue weighted by Gasteiger charge is 2.13. The predicted molar refractivity (Wildman–Crippen MR) is 80.2 cm³/mol. The van der Waals surface area contributed by atoms with E-state index in [1.165, 1.54) is 12.1 Å². The molecule has 0 aliphatic heterocycles. The van der Waals surface area contributed by atoms with Gasteiger partial charge in [-0.15, -0.1) is 0 Å². The Labute approximate surface area is 127 Å². The van der Waals surface area contributed by atoms with Crippen LogP contribution in [0.25, 0.3) is 0 Å². The normalized spacial score (nSPS) is 12.3. The summed E-state index contributed by atoms with van der Waals surface area (Å²) < 4.78 is 28.9. The van der Waals surface area contributed by atoms with Gasteiger partial charge in [-0.25, -0.2) is 8.78 Å². The summed E-state index contributed by atoms with van der Waals surface area (Å²) in [4.78, 5) is 0. The molecule has 2 aromatic rings. The van der Waals surface area contributed by atoms with Gasteiger partial charge in [-0.05, 0) is 37.3 Å². The summed E-state index contributed by atoms with van der Waals surface area (Å²) in [7, 11) is 0. The largest absolute Gasteiger partial charge is 0.376 e. The second-order valence-electron chi connectivity index (χ2n) is 4.16. The molecule has 1 N–H and O–H groups in total. The molecule has 19 heavy (non-hydrogen) atoms. The third kappa shape index (κ3) is 3.54. The fourth-order valence-electron chi connectivity index (χ4n) is 1.77. The average molecular weight is 391 g/mol. The number of benzene rings is 2. The molecule has 1 atom stereocenters. The summed E-state index contributed by atoms with van der Waals surface area (Å²) in [5, 5.41) is 2.97. The van der Waals surface area contributed by atoms with Crippen LogP contribution in [0.15, 0.2) is 45.3 Å². The van der Waals surface area contributed by atoms with Gasteiger partial charge >= 0.3 is 0 Å². The van der Waals surface area contributed by atoms with Gasteiger partial charge in [-0.2, -0.15) is 0 Å². The maximum absolute atomic E-state index is 13.8.